The van der Waals surface area contributed by atoms with Crippen molar-refractivity contribution in [1.29, 1.82) is 0 Å². The Morgan fingerprint density at radius 1 is 1.15 bits per heavy atom. The van der Waals surface area contributed by atoms with Gasteiger partial charge >= 0.3 is 0 Å². The molecule has 0 radical (unpaired) electrons. The molecule has 0 fully saturated rings. The van der Waals surface area contributed by atoms with Crippen LogP contribution in [-0.4, -0.2) is 11.3 Å². The molecule has 2 nitrogen and oxygen atoms in total. The first kappa shape index (κ1) is 15.4. The number of aryl methyl sites for hydroxylation is 1. The summed E-state index contributed by atoms with van der Waals surface area (Å²) < 4.78 is 0.688. The number of aromatic hydroxyl groups is 1. The number of benzene rings is 2. The van der Waals surface area contributed by atoms with Gasteiger partial charge in [0.05, 0.1) is 20.2 Å². The minimum atomic E-state index is 0.178. The average molecular weight is 373 g/mol. The summed E-state index contributed by atoms with van der Waals surface area (Å²) >= 11 is 15.2. The van der Waals surface area contributed by atoms with Crippen LogP contribution < -0.4 is 0 Å². The van der Waals surface area contributed by atoms with E-state index >= 15 is 0 Å². The smallest absolute Gasteiger partial charge is 0.138 e. The molecule has 0 aromatic heterocycles. The Bertz CT molecular complexity index is 699. The lowest BCUT2D eigenvalue weighted by Gasteiger charge is -2.08. The van der Waals surface area contributed by atoms with E-state index < -0.39 is 0 Å². The maximum atomic E-state index is 10.1. The maximum Gasteiger partial charge on any atom is 0.138 e. The Hall–Kier alpha value is -1.03. The Kier molecular flexibility index (Phi) is 4.74. The van der Waals surface area contributed by atoms with Crippen LogP contribution in [0.1, 0.15) is 16.7 Å². The van der Waals surface area contributed by atoms with Gasteiger partial charge in [0, 0.05) is 11.8 Å². The van der Waals surface area contributed by atoms with E-state index in [-0.39, 0.29) is 5.75 Å². The Morgan fingerprint density at radius 2 is 1.85 bits per heavy atom. The molecule has 0 saturated heterocycles. The third-order valence-electron chi connectivity index (χ3n) is 3.03. The van der Waals surface area contributed by atoms with Gasteiger partial charge in [0.1, 0.15) is 5.75 Å². The molecule has 1 N–H and O–H groups in total. The average Bonchev–Trinajstić information content (AvgIpc) is 2.42. The molecule has 2 aromatic rings. The summed E-state index contributed by atoms with van der Waals surface area (Å²) in [6.07, 6.45) is 1.60. The number of hydrogen-bond acceptors (Lipinski definition) is 2. The fourth-order valence-corrected chi connectivity index (χ4v) is 2.53. The standard InChI is InChI=1S/C15H12BrCl2NO/c1-8-5-10(15(20)14(16)9(8)2)7-19-11-3-4-12(17)13(18)6-11/h3-7,20H,1-2H3. The number of halogens is 3. The number of phenolic OH excluding ortho intramolecular Hbond substituents is 1. The summed E-state index contributed by atoms with van der Waals surface area (Å²) in [6, 6.07) is 7.01. The fraction of sp³-hybridized carbons (Fsp3) is 0.133. The van der Waals surface area contributed by atoms with Crippen molar-refractivity contribution in [3.8, 4) is 5.75 Å². The fourth-order valence-electron chi connectivity index (χ4n) is 1.70. The highest BCUT2D eigenvalue weighted by atomic mass is 79.9. The maximum absolute atomic E-state index is 10.1. The van der Waals surface area contributed by atoms with Crippen LogP contribution in [0.2, 0.25) is 10.0 Å². The van der Waals surface area contributed by atoms with Crippen molar-refractivity contribution < 1.29 is 5.11 Å². The van der Waals surface area contributed by atoms with E-state index in [1.54, 1.807) is 24.4 Å². The number of aliphatic imine (C=N–C) groups is 1. The van der Waals surface area contributed by atoms with Gasteiger partial charge in [-0.1, -0.05) is 23.2 Å². The summed E-state index contributed by atoms with van der Waals surface area (Å²) in [6.45, 7) is 3.93. The molecular formula is C15H12BrCl2NO. The van der Waals surface area contributed by atoms with E-state index in [1.165, 1.54) is 0 Å². The van der Waals surface area contributed by atoms with Gasteiger partial charge in [-0.3, -0.25) is 4.99 Å². The van der Waals surface area contributed by atoms with Gasteiger partial charge in [-0.05, 0) is 65.2 Å². The molecule has 0 aliphatic carbocycles. The normalized spacial score (nSPS) is 11.2. The molecule has 0 saturated carbocycles. The zero-order valence-corrected chi connectivity index (χ0v) is 14.0. The predicted molar refractivity (Wildman–Crippen MR) is 89.0 cm³/mol. The zero-order valence-electron chi connectivity index (χ0n) is 10.9. The molecule has 0 amide bonds. The van der Waals surface area contributed by atoms with E-state index in [1.807, 2.05) is 19.9 Å². The van der Waals surface area contributed by atoms with Crippen molar-refractivity contribution in [3.63, 3.8) is 0 Å². The molecule has 0 heterocycles. The number of nitrogens with zero attached hydrogens (tertiary/aromatic N) is 1. The third kappa shape index (κ3) is 3.17. The first-order valence-corrected chi connectivity index (χ1v) is 7.43. The molecule has 2 aromatic carbocycles. The molecule has 0 aliphatic heterocycles. The minimum Gasteiger partial charge on any atom is -0.506 e. The Morgan fingerprint density at radius 3 is 2.50 bits per heavy atom. The lowest BCUT2D eigenvalue weighted by molar-refractivity contribution is 0.470. The first-order valence-electron chi connectivity index (χ1n) is 5.88. The Labute approximate surface area is 136 Å². The van der Waals surface area contributed by atoms with Crippen LogP contribution in [0, 0.1) is 13.8 Å². The largest absolute Gasteiger partial charge is 0.506 e. The van der Waals surface area contributed by atoms with E-state index in [9.17, 15) is 5.11 Å². The third-order valence-corrected chi connectivity index (χ3v) is 4.74. The highest BCUT2D eigenvalue weighted by molar-refractivity contribution is 9.10. The minimum absolute atomic E-state index is 0.178. The Balaban J connectivity index is 2.39. The van der Waals surface area contributed by atoms with E-state index in [0.717, 1.165) is 11.1 Å². The molecule has 0 spiro atoms. The van der Waals surface area contributed by atoms with Gasteiger partial charge in [-0.25, -0.2) is 0 Å². The van der Waals surface area contributed by atoms with Crippen LogP contribution in [0.5, 0.6) is 5.75 Å². The summed E-state index contributed by atoms with van der Waals surface area (Å²) in [4.78, 5) is 4.30. The summed E-state index contributed by atoms with van der Waals surface area (Å²) in [5.74, 6) is 0.178. The monoisotopic (exact) mass is 371 g/mol. The van der Waals surface area contributed by atoms with Crippen LogP contribution in [-0.2, 0) is 0 Å². The summed E-state index contributed by atoms with van der Waals surface area (Å²) in [5, 5.41) is 11.0. The molecule has 104 valence electrons. The van der Waals surface area contributed by atoms with Gasteiger partial charge in [0.25, 0.3) is 0 Å². The van der Waals surface area contributed by atoms with Crippen LogP contribution in [0.3, 0.4) is 0 Å². The van der Waals surface area contributed by atoms with Gasteiger partial charge in [-0.15, -0.1) is 0 Å². The van der Waals surface area contributed by atoms with Gasteiger partial charge in [0.2, 0.25) is 0 Å². The quantitative estimate of drug-likeness (QED) is 0.661. The van der Waals surface area contributed by atoms with Gasteiger partial charge < -0.3 is 5.11 Å². The number of hydrogen-bond donors (Lipinski definition) is 1. The van der Waals surface area contributed by atoms with E-state index in [2.05, 4.69) is 20.9 Å². The first-order chi connectivity index (χ1) is 9.40. The molecule has 0 aliphatic rings. The van der Waals surface area contributed by atoms with Crippen molar-refractivity contribution in [1.82, 2.24) is 0 Å². The lowest BCUT2D eigenvalue weighted by atomic mass is 10.1. The van der Waals surface area contributed by atoms with Crippen LogP contribution >= 0.6 is 39.1 Å². The van der Waals surface area contributed by atoms with Crippen LogP contribution in [0.25, 0.3) is 0 Å². The summed E-state index contributed by atoms with van der Waals surface area (Å²) in [7, 11) is 0. The molecule has 0 unspecified atom stereocenters. The molecule has 0 bridgehead atoms. The second-order valence-electron chi connectivity index (χ2n) is 4.43. The van der Waals surface area contributed by atoms with Crippen molar-refractivity contribution in [2.45, 2.75) is 13.8 Å². The highest BCUT2D eigenvalue weighted by Gasteiger charge is 2.09. The summed E-state index contributed by atoms with van der Waals surface area (Å²) in [5.41, 5.74) is 3.40. The van der Waals surface area contributed by atoms with Crippen LogP contribution in [0.4, 0.5) is 5.69 Å². The van der Waals surface area contributed by atoms with Crippen molar-refractivity contribution in [2.24, 2.45) is 4.99 Å². The van der Waals surface area contributed by atoms with E-state index in [0.29, 0.717) is 25.8 Å². The van der Waals surface area contributed by atoms with Crippen molar-refractivity contribution in [3.05, 3.63) is 55.5 Å². The second-order valence-corrected chi connectivity index (χ2v) is 6.03. The lowest BCUT2D eigenvalue weighted by Crippen LogP contribution is -1.90. The molecular weight excluding hydrogens is 361 g/mol. The molecule has 2 rings (SSSR count). The van der Waals surface area contributed by atoms with E-state index in [4.69, 9.17) is 23.2 Å². The van der Waals surface area contributed by atoms with Crippen molar-refractivity contribution >= 4 is 51.0 Å². The molecule has 20 heavy (non-hydrogen) atoms. The SMILES string of the molecule is Cc1cc(C=Nc2ccc(Cl)c(Cl)c2)c(O)c(Br)c1C. The van der Waals surface area contributed by atoms with Gasteiger partial charge in [-0.2, -0.15) is 0 Å². The predicted octanol–water partition coefficient (Wildman–Crippen LogP) is 5.83. The molecule has 5 heteroatoms. The second kappa shape index (κ2) is 6.17. The van der Waals surface area contributed by atoms with Gasteiger partial charge in [0.15, 0.2) is 0 Å². The van der Waals surface area contributed by atoms with Crippen LogP contribution in [0.15, 0.2) is 33.7 Å². The molecule has 0 atom stereocenters. The topological polar surface area (TPSA) is 32.6 Å². The number of phenols is 1. The highest BCUT2D eigenvalue weighted by Crippen LogP contribution is 2.33. The number of rotatable bonds is 2. The van der Waals surface area contributed by atoms with Crippen molar-refractivity contribution in [2.75, 3.05) is 0 Å². The zero-order chi connectivity index (χ0) is 14.9.